The molecule has 23 heavy (non-hydrogen) atoms. The molecule has 2 atom stereocenters. The average molecular weight is 317 g/mol. The van der Waals surface area contributed by atoms with Gasteiger partial charge in [0.25, 0.3) is 0 Å². The van der Waals surface area contributed by atoms with Crippen LogP contribution in [0.25, 0.3) is 0 Å². The molecule has 0 aliphatic carbocycles. The number of carbonyl (C=O) groups is 1. The summed E-state index contributed by atoms with van der Waals surface area (Å²) in [6.45, 7) is 3.56. The van der Waals surface area contributed by atoms with Crippen molar-refractivity contribution in [3.63, 3.8) is 0 Å². The number of carbonyl (C=O) groups excluding carboxylic acids is 1. The number of amides is 1. The number of nitrogens with one attached hydrogen (secondary N) is 1. The molecule has 0 saturated carbocycles. The summed E-state index contributed by atoms with van der Waals surface area (Å²) < 4.78 is 3.74. The van der Waals surface area contributed by atoms with Crippen molar-refractivity contribution in [3.8, 4) is 0 Å². The Hall–Kier alpha value is -2.22. The van der Waals surface area contributed by atoms with Crippen molar-refractivity contribution < 1.29 is 4.79 Å². The SMILES string of the molecule is CCCn1ncnc1CN[C@@H]1CC(=O)N(C)[C@H]1c1ccnn1C. The lowest BCUT2D eigenvalue weighted by Gasteiger charge is -2.25. The minimum Gasteiger partial charge on any atom is -0.336 e. The van der Waals surface area contributed by atoms with Crippen molar-refractivity contribution in [2.75, 3.05) is 7.05 Å². The highest BCUT2D eigenvalue weighted by Gasteiger charge is 2.39. The maximum Gasteiger partial charge on any atom is 0.224 e. The van der Waals surface area contributed by atoms with Gasteiger partial charge in [-0.15, -0.1) is 0 Å². The first kappa shape index (κ1) is 15.7. The number of nitrogens with zero attached hydrogens (tertiary/aromatic N) is 6. The van der Waals surface area contributed by atoms with Crippen LogP contribution in [0, 0.1) is 0 Å². The zero-order valence-corrected chi connectivity index (χ0v) is 13.8. The lowest BCUT2D eigenvalue weighted by atomic mass is 10.1. The van der Waals surface area contributed by atoms with Crippen LogP contribution in [0.5, 0.6) is 0 Å². The fourth-order valence-corrected chi connectivity index (χ4v) is 3.18. The number of hydrogen-bond acceptors (Lipinski definition) is 5. The summed E-state index contributed by atoms with van der Waals surface area (Å²) in [6, 6.07) is 1.99. The molecule has 0 spiro atoms. The van der Waals surface area contributed by atoms with Crippen LogP contribution in [-0.4, -0.2) is 48.4 Å². The number of likely N-dealkylation sites (N-methyl/N-ethyl adjacent to an activating group) is 1. The van der Waals surface area contributed by atoms with Gasteiger partial charge < -0.3 is 10.2 Å². The van der Waals surface area contributed by atoms with Gasteiger partial charge in [0.05, 0.1) is 18.3 Å². The first-order chi connectivity index (χ1) is 11.1. The largest absolute Gasteiger partial charge is 0.336 e. The van der Waals surface area contributed by atoms with Gasteiger partial charge in [-0.3, -0.25) is 9.48 Å². The molecule has 2 aromatic rings. The Labute approximate surface area is 135 Å². The van der Waals surface area contributed by atoms with Crippen LogP contribution in [0.2, 0.25) is 0 Å². The summed E-state index contributed by atoms with van der Waals surface area (Å²) >= 11 is 0. The zero-order chi connectivity index (χ0) is 16.4. The Balaban J connectivity index is 1.74. The van der Waals surface area contributed by atoms with Crippen molar-refractivity contribution in [1.29, 1.82) is 0 Å². The Morgan fingerprint density at radius 3 is 2.87 bits per heavy atom. The van der Waals surface area contributed by atoms with Crippen molar-refractivity contribution in [1.82, 2.24) is 34.8 Å². The third kappa shape index (κ3) is 2.98. The molecule has 0 radical (unpaired) electrons. The monoisotopic (exact) mass is 317 g/mol. The molecule has 1 N–H and O–H groups in total. The topological polar surface area (TPSA) is 80.9 Å². The van der Waals surface area contributed by atoms with E-state index in [9.17, 15) is 4.79 Å². The van der Waals surface area contributed by atoms with E-state index in [0.29, 0.717) is 13.0 Å². The van der Waals surface area contributed by atoms with Gasteiger partial charge in [-0.25, -0.2) is 9.67 Å². The first-order valence-corrected chi connectivity index (χ1v) is 7.95. The van der Waals surface area contributed by atoms with E-state index in [2.05, 4.69) is 27.4 Å². The van der Waals surface area contributed by atoms with E-state index in [-0.39, 0.29) is 18.0 Å². The Morgan fingerprint density at radius 2 is 2.17 bits per heavy atom. The minimum absolute atomic E-state index is 0.0162. The average Bonchev–Trinajstić information content (AvgIpc) is 3.20. The van der Waals surface area contributed by atoms with Crippen LogP contribution in [0.1, 0.15) is 37.3 Å². The van der Waals surface area contributed by atoms with Crippen molar-refractivity contribution >= 4 is 5.91 Å². The van der Waals surface area contributed by atoms with E-state index in [4.69, 9.17) is 0 Å². The third-order valence-corrected chi connectivity index (χ3v) is 4.40. The van der Waals surface area contributed by atoms with E-state index < -0.39 is 0 Å². The molecule has 1 aliphatic heterocycles. The minimum atomic E-state index is -0.0162. The molecule has 0 bridgehead atoms. The lowest BCUT2D eigenvalue weighted by Crippen LogP contribution is -2.36. The second kappa shape index (κ2) is 6.49. The van der Waals surface area contributed by atoms with E-state index >= 15 is 0 Å². The lowest BCUT2D eigenvalue weighted by molar-refractivity contribution is -0.127. The van der Waals surface area contributed by atoms with Gasteiger partial charge in [-0.05, 0) is 12.5 Å². The molecule has 8 nitrogen and oxygen atoms in total. The smallest absolute Gasteiger partial charge is 0.224 e. The third-order valence-electron chi connectivity index (χ3n) is 4.40. The van der Waals surface area contributed by atoms with Crippen LogP contribution >= 0.6 is 0 Å². The molecule has 0 unspecified atom stereocenters. The second-order valence-electron chi connectivity index (χ2n) is 5.92. The fourth-order valence-electron chi connectivity index (χ4n) is 3.18. The molecular formula is C15H23N7O. The summed E-state index contributed by atoms with van der Waals surface area (Å²) in [5, 5.41) is 11.9. The molecule has 0 aromatic carbocycles. The second-order valence-corrected chi connectivity index (χ2v) is 5.92. The van der Waals surface area contributed by atoms with Crippen molar-refractivity contribution in [2.45, 2.75) is 44.9 Å². The van der Waals surface area contributed by atoms with Gasteiger partial charge in [-0.1, -0.05) is 6.92 Å². The molecule has 3 rings (SSSR count). The molecule has 2 aromatic heterocycles. The molecule has 1 saturated heterocycles. The van der Waals surface area contributed by atoms with Gasteiger partial charge in [0.15, 0.2) is 0 Å². The van der Waals surface area contributed by atoms with E-state index in [1.807, 2.05) is 29.5 Å². The highest BCUT2D eigenvalue weighted by molar-refractivity contribution is 5.80. The Morgan fingerprint density at radius 1 is 1.35 bits per heavy atom. The van der Waals surface area contributed by atoms with Gasteiger partial charge in [0.1, 0.15) is 12.2 Å². The maximum atomic E-state index is 12.2. The Kier molecular flexibility index (Phi) is 4.42. The summed E-state index contributed by atoms with van der Waals surface area (Å²) in [5.41, 5.74) is 1.03. The number of rotatable bonds is 6. The molecular weight excluding hydrogens is 294 g/mol. The number of aryl methyl sites for hydroxylation is 2. The summed E-state index contributed by atoms with van der Waals surface area (Å²) in [4.78, 5) is 18.3. The summed E-state index contributed by atoms with van der Waals surface area (Å²) in [6.07, 6.45) is 4.84. The fraction of sp³-hybridized carbons (Fsp3) is 0.600. The first-order valence-electron chi connectivity index (χ1n) is 7.95. The number of aromatic nitrogens is 5. The molecule has 1 aliphatic rings. The number of hydrogen-bond donors (Lipinski definition) is 1. The van der Waals surface area contributed by atoms with E-state index in [1.54, 1.807) is 17.4 Å². The van der Waals surface area contributed by atoms with E-state index in [0.717, 1.165) is 24.5 Å². The highest BCUT2D eigenvalue weighted by Crippen LogP contribution is 2.31. The predicted molar refractivity (Wildman–Crippen MR) is 84.3 cm³/mol. The maximum absolute atomic E-state index is 12.2. The van der Waals surface area contributed by atoms with Gasteiger partial charge in [-0.2, -0.15) is 10.2 Å². The summed E-state index contributed by atoms with van der Waals surface area (Å²) in [7, 11) is 3.75. The quantitative estimate of drug-likeness (QED) is 0.838. The standard InChI is InChI=1S/C15H23N7O/c1-4-7-22-13(17-10-19-22)9-16-11-8-14(23)20(2)15(11)12-5-6-18-21(12)3/h5-6,10-11,15-16H,4,7-9H2,1-3H3/t11-,15-/m1/s1. The molecule has 8 heteroatoms. The molecule has 1 amide bonds. The van der Waals surface area contributed by atoms with E-state index in [1.165, 1.54) is 0 Å². The Bertz CT molecular complexity index is 677. The normalized spacial score (nSPS) is 21.3. The van der Waals surface area contributed by atoms with Crippen LogP contribution in [-0.2, 0) is 24.9 Å². The van der Waals surface area contributed by atoms with Gasteiger partial charge in [0.2, 0.25) is 5.91 Å². The number of likely N-dealkylation sites (tertiary alicyclic amines) is 1. The van der Waals surface area contributed by atoms with Gasteiger partial charge >= 0.3 is 0 Å². The van der Waals surface area contributed by atoms with Crippen LogP contribution < -0.4 is 5.32 Å². The van der Waals surface area contributed by atoms with Crippen LogP contribution in [0.15, 0.2) is 18.6 Å². The van der Waals surface area contributed by atoms with Crippen molar-refractivity contribution in [2.24, 2.45) is 7.05 Å². The zero-order valence-electron chi connectivity index (χ0n) is 13.8. The predicted octanol–water partition coefficient (Wildman–Crippen LogP) is 0.483. The summed E-state index contributed by atoms with van der Waals surface area (Å²) in [5.74, 6) is 1.04. The van der Waals surface area contributed by atoms with Crippen LogP contribution in [0.4, 0.5) is 0 Å². The van der Waals surface area contributed by atoms with Gasteiger partial charge in [0, 0.05) is 39.3 Å². The molecule has 1 fully saturated rings. The molecule has 124 valence electrons. The highest BCUT2D eigenvalue weighted by atomic mass is 16.2. The van der Waals surface area contributed by atoms with Crippen molar-refractivity contribution in [3.05, 3.63) is 30.1 Å². The van der Waals surface area contributed by atoms with Crippen LogP contribution in [0.3, 0.4) is 0 Å². The molecule has 3 heterocycles.